The fraction of sp³-hybridized carbons (Fsp3) is 0.333. The highest BCUT2D eigenvalue weighted by molar-refractivity contribution is 7.89. The van der Waals surface area contributed by atoms with Crippen molar-refractivity contribution < 1.29 is 22.7 Å². The van der Waals surface area contributed by atoms with E-state index in [4.69, 9.17) is 4.74 Å². The normalized spacial score (nSPS) is 11.1. The first kappa shape index (κ1) is 23.4. The molecule has 0 bridgehead atoms. The number of sulfonamides is 1. The van der Waals surface area contributed by atoms with Crippen molar-refractivity contribution in [3.8, 4) is 5.75 Å². The number of ether oxygens (including phenoxy) is 1. The quantitative estimate of drug-likeness (QED) is 0.630. The molecule has 2 amide bonds. The number of hydrogen-bond acceptors (Lipinski definition) is 5. The second kappa shape index (κ2) is 10.2. The van der Waals surface area contributed by atoms with Gasteiger partial charge in [-0.3, -0.25) is 9.59 Å². The number of rotatable bonds is 9. The molecule has 9 heteroatoms. The van der Waals surface area contributed by atoms with Gasteiger partial charge in [-0.1, -0.05) is 12.1 Å². The maximum absolute atomic E-state index is 12.5. The third-order valence-electron chi connectivity index (χ3n) is 4.28. The second-order valence-electron chi connectivity index (χ2n) is 7.07. The zero-order valence-electron chi connectivity index (χ0n) is 17.6. The summed E-state index contributed by atoms with van der Waals surface area (Å²) in [5, 5.41) is 2.69. The van der Waals surface area contributed by atoms with Gasteiger partial charge in [0.1, 0.15) is 5.75 Å². The Morgan fingerprint density at radius 2 is 1.70 bits per heavy atom. The number of likely N-dealkylation sites (N-methyl/N-ethyl adjacent to an activating group) is 1. The van der Waals surface area contributed by atoms with Gasteiger partial charge in [-0.05, 0) is 55.3 Å². The van der Waals surface area contributed by atoms with E-state index >= 15 is 0 Å². The lowest BCUT2D eigenvalue weighted by Gasteiger charge is -2.12. The van der Waals surface area contributed by atoms with Crippen LogP contribution in [0.15, 0.2) is 47.4 Å². The largest absolute Gasteiger partial charge is 0.484 e. The van der Waals surface area contributed by atoms with E-state index in [0.717, 1.165) is 5.56 Å². The highest BCUT2D eigenvalue weighted by Crippen LogP contribution is 2.17. The molecule has 2 rings (SSSR count). The molecular weight excluding hydrogens is 406 g/mol. The molecule has 2 aromatic rings. The van der Waals surface area contributed by atoms with Crippen LogP contribution in [0.1, 0.15) is 17.5 Å². The van der Waals surface area contributed by atoms with Crippen molar-refractivity contribution in [1.82, 2.24) is 9.62 Å². The number of amides is 2. The lowest BCUT2D eigenvalue weighted by Crippen LogP contribution is -2.28. The molecule has 0 aromatic heterocycles. The molecule has 0 atom stereocenters. The van der Waals surface area contributed by atoms with E-state index in [2.05, 4.69) is 10.0 Å². The van der Waals surface area contributed by atoms with E-state index in [0.29, 0.717) is 17.0 Å². The Kier molecular flexibility index (Phi) is 7.96. The van der Waals surface area contributed by atoms with E-state index < -0.39 is 10.0 Å². The number of nitrogens with one attached hydrogen (secondary N) is 2. The van der Waals surface area contributed by atoms with Crippen molar-refractivity contribution in [1.29, 1.82) is 0 Å². The summed E-state index contributed by atoms with van der Waals surface area (Å²) in [4.78, 5) is 25.3. The van der Waals surface area contributed by atoms with Gasteiger partial charge < -0.3 is 15.0 Å². The molecule has 0 radical (unpaired) electrons. The standard InChI is InChI=1S/C21H27N3O5S/c1-15-5-6-16(2)19(13-15)30(27,28)22-12-11-20(25)23-17-7-9-18(10-8-17)29-14-21(26)24(3)4/h5-10,13,22H,11-12,14H2,1-4H3,(H,23,25). The minimum Gasteiger partial charge on any atom is -0.484 e. The maximum atomic E-state index is 12.5. The van der Waals surface area contributed by atoms with Gasteiger partial charge in [0.15, 0.2) is 6.61 Å². The number of aryl methyl sites for hydroxylation is 2. The summed E-state index contributed by atoms with van der Waals surface area (Å²) in [6.07, 6.45) is -0.0142. The fourth-order valence-electron chi connectivity index (χ4n) is 2.51. The summed E-state index contributed by atoms with van der Waals surface area (Å²) < 4.78 is 32.7. The van der Waals surface area contributed by atoms with Crippen LogP contribution in [0.5, 0.6) is 5.75 Å². The first-order valence-electron chi connectivity index (χ1n) is 9.38. The molecule has 0 saturated heterocycles. The van der Waals surface area contributed by atoms with Gasteiger partial charge in [0.25, 0.3) is 5.91 Å². The first-order valence-corrected chi connectivity index (χ1v) is 10.9. The Bertz CT molecular complexity index is 1000. The molecule has 0 aliphatic carbocycles. The zero-order valence-corrected chi connectivity index (χ0v) is 18.4. The molecule has 30 heavy (non-hydrogen) atoms. The number of anilines is 1. The van der Waals surface area contributed by atoms with Gasteiger partial charge in [-0.2, -0.15) is 0 Å². The Labute approximate surface area is 177 Å². The summed E-state index contributed by atoms with van der Waals surface area (Å²) in [5.74, 6) is 0.0234. The molecule has 2 aromatic carbocycles. The summed E-state index contributed by atoms with van der Waals surface area (Å²) in [6, 6.07) is 11.8. The molecule has 2 N–H and O–H groups in total. The minimum atomic E-state index is -3.68. The van der Waals surface area contributed by atoms with Gasteiger partial charge in [-0.25, -0.2) is 13.1 Å². The van der Waals surface area contributed by atoms with Gasteiger partial charge >= 0.3 is 0 Å². The van der Waals surface area contributed by atoms with Gasteiger partial charge in [0.2, 0.25) is 15.9 Å². The van der Waals surface area contributed by atoms with Crippen LogP contribution in [0, 0.1) is 13.8 Å². The number of carbonyl (C=O) groups is 2. The van der Waals surface area contributed by atoms with Crippen molar-refractivity contribution >= 4 is 27.5 Å². The van der Waals surface area contributed by atoms with E-state index in [9.17, 15) is 18.0 Å². The Morgan fingerprint density at radius 1 is 1.03 bits per heavy atom. The van der Waals surface area contributed by atoms with Crippen molar-refractivity contribution in [2.75, 3.05) is 32.6 Å². The number of nitrogens with zero attached hydrogens (tertiary/aromatic N) is 1. The van der Waals surface area contributed by atoms with Crippen LogP contribution in [0.25, 0.3) is 0 Å². The molecular formula is C21H27N3O5S. The molecule has 0 aliphatic heterocycles. The van der Waals surface area contributed by atoms with Crippen molar-refractivity contribution in [3.63, 3.8) is 0 Å². The lowest BCUT2D eigenvalue weighted by atomic mass is 10.2. The third-order valence-corrected chi connectivity index (χ3v) is 5.88. The van der Waals surface area contributed by atoms with Crippen LogP contribution in [-0.2, 0) is 19.6 Å². The summed E-state index contributed by atoms with van der Waals surface area (Å²) in [6.45, 7) is 3.46. The SMILES string of the molecule is Cc1ccc(C)c(S(=O)(=O)NCCC(=O)Nc2ccc(OCC(=O)N(C)C)cc2)c1. The Balaban J connectivity index is 1.83. The molecule has 162 valence electrons. The second-order valence-corrected chi connectivity index (χ2v) is 8.80. The highest BCUT2D eigenvalue weighted by Gasteiger charge is 2.17. The molecule has 0 aliphatic rings. The molecule has 0 saturated carbocycles. The van der Waals surface area contributed by atoms with Crippen molar-refractivity contribution in [3.05, 3.63) is 53.6 Å². The van der Waals surface area contributed by atoms with Crippen LogP contribution < -0.4 is 14.8 Å². The number of hydrogen-bond donors (Lipinski definition) is 2. The van der Waals surface area contributed by atoms with Gasteiger partial charge in [-0.15, -0.1) is 0 Å². The van der Waals surface area contributed by atoms with Crippen LogP contribution in [0.4, 0.5) is 5.69 Å². The topological polar surface area (TPSA) is 105 Å². The van der Waals surface area contributed by atoms with E-state index in [1.54, 1.807) is 57.4 Å². The first-order chi connectivity index (χ1) is 14.1. The average Bonchev–Trinajstić information content (AvgIpc) is 2.68. The molecule has 8 nitrogen and oxygen atoms in total. The molecule has 0 fully saturated rings. The summed E-state index contributed by atoms with van der Waals surface area (Å²) >= 11 is 0. The van der Waals surface area contributed by atoms with Gasteiger partial charge in [0, 0.05) is 32.7 Å². The maximum Gasteiger partial charge on any atom is 0.259 e. The van der Waals surface area contributed by atoms with Crippen LogP contribution in [0.2, 0.25) is 0 Å². The predicted molar refractivity (Wildman–Crippen MR) is 115 cm³/mol. The fourth-order valence-corrected chi connectivity index (χ4v) is 3.86. The minimum absolute atomic E-state index is 0.0142. The van der Waals surface area contributed by atoms with Crippen LogP contribution in [0.3, 0.4) is 0 Å². The van der Waals surface area contributed by atoms with Crippen LogP contribution >= 0.6 is 0 Å². The van der Waals surface area contributed by atoms with E-state index in [1.807, 2.05) is 13.0 Å². The summed E-state index contributed by atoms with van der Waals surface area (Å²) in [7, 11) is -0.394. The number of carbonyl (C=O) groups excluding carboxylic acids is 2. The van der Waals surface area contributed by atoms with E-state index in [1.165, 1.54) is 4.90 Å². The zero-order chi connectivity index (χ0) is 22.3. The molecule has 0 spiro atoms. The molecule has 0 unspecified atom stereocenters. The highest BCUT2D eigenvalue weighted by atomic mass is 32.2. The Hall–Kier alpha value is -2.91. The van der Waals surface area contributed by atoms with Gasteiger partial charge in [0.05, 0.1) is 4.90 Å². The smallest absolute Gasteiger partial charge is 0.259 e. The Morgan fingerprint density at radius 3 is 2.33 bits per heavy atom. The molecule has 0 heterocycles. The van der Waals surface area contributed by atoms with Crippen LogP contribution in [-0.4, -0.2) is 52.4 Å². The monoisotopic (exact) mass is 433 g/mol. The van der Waals surface area contributed by atoms with E-state index in [-0.39, 0.29) is 36.3 Å². The summed E-state index contributed by atoms with van der Waals surface area (Å²) in [5.41, 5.74) is 2.04. The average molecular weight is 434 g/mol. The number of benzene rings is 2. The lowest BCUT2D eigenvalue weighted by molar-refractivity contribution is -0.130. The van der Waals surface area contributed by atoms with Crippen molar-refractivity contribution in [2.45, 2.75) is 25.2 Å². The van der Waals surface area contributed by atoms with Crippen molar-refractivity contribution in [2.24, 2.45) is 0 Å². The predicted octanol–water partition coefficient (Wildman–Crippen LogP) is 2.08. The third kappa shape index (κ3) is 6.85.